The molecular weight excluding hydrogens is 209 g/mol. The first kappa shape index (κ1) is 9.18. The number of nitrogens with zero attached hydrogens (tertiary/aromatic N) is 1. The predicted molar refractivity (Wildman–Crippen MR) is 47.5 cm³/mol. The molecule has 14 heavy (non-hydrogen) atoms. The molecular formula is C7H6NO5P. The molecule has 0 radical (unpaired) electrons. The lowest BCUT2D eigenvalue weighted by Crippen LogP contribution is -2.00. The predicted octanol–water partition coefficient (Wildman–Crippen LogP) is 1.89. The third kappa shape index (κ3) is 1.62. The van der Waals surface area contributed by atoms with Crippen molar-refractivity contribution >= 4 is 13.9 Å². The number of rotatable bonds is 1. The summed E-state index contributed by atoms with van der Waals surface area (Å²) in [5.41, 5.74) is 0.515. The van der Waals surface area contributed by atoms with Crippen molar-refractivity contribution in [2.75, 3.05) is 0 Å². The Bertz CT molecular complexity index is 419. The highest BCUT2D eigenvalue weighted by Crippen LogP contribution is 2.39. The molecule has 0 saturated heterocycles. The molecule has 1 atom stereocenters. The van der Waals surface area contributed by atoms with Crippen LogP contribution in [0.5, 0.6) is 5.75 Å². The van der Waals surface area contributed by atoms with Crippen molar-refractivity contribution < 1.29 is 18.5 Å². The van der Waals surface area contributed by atoms with Gasteiger partial charge in [0.25, 0.3) is 5.69 Å². The van der Waals surface area contributed by atoms with Gasteiger partial charge in [0, 0.05) is 17.7 Å². The van der Waals surface area contributed by atoms with Crippen LogP contribution in [0, 0.1) is 10.1 Å². The normalized spacial score (nSPS) is 19.6. The van der Waals surface area contributed by atoms with E-state index >= 15 is 0 Å². The van der Waals surface area contributed by atoms with Gasteiger partial charge < -0.3 is 4.52 Å². The first-order valence-electron chi connectivity index (χ1n) is 3.79. The maximum absolute atomic E-state index is 10.9. The van der Waals surface area contributed by atoms with Crippen LogP contribution in [0.3, 0.4) is 0 Å². The molecule has 0 amide bonds. The highest BCUT2D eigenvalue weighted by atomic mass is 31.1. The zero-order chi connectivity index (χ0) is 10.1. The van der Waals surface area contributed by atoms with Crippen LogP contribution in [0.25, 0.3) is 0 Å². The Kier molecular flexibility index (Phi) is 2.23. The van der Waals surface area contributed by atoms with Crippen molar-refractivity contribution in [1.29, 1.82) is 0 Å². The minimum atomic E-state index is -2.46. The van der Waals surface area contributed by atoms with Crippen LogP contribution in [0.2, 0.25) is 0 Å². The summed E-state index contributed by atoms with van der Waals surface area (Å²) in [6, 6.07) is 4.08. The first-order valence-corrected chi connectivity index (χ1v) is 5.01. The van der Waals surface area contributed by atoms with Crippen LogP contribution >= 0.6 is 8.25 Å². The van der Waals surface area contributed by atoms with Gasteiger partial charge in [0.15, 0.2) is 0 Å². The molecule has 0 fully saturated rings. The van der Waals surface area contributed by atoms with E-state index in [9.17, 15) is 14.7 Å². The Morgan fingerprint density at radius 1 is 1.50 bits per heavy atom. The molecule has 2 rings (SSSR count). The molecule has 0 N–H and O–H groups in total. The summed E-state index contributed by atoms with van der Waals surface area (Å²) in [7, 11) is -2.46. The molecule has 1 heterocycles. The van der Waals surface area contributed by atoms with E-state index < -0.39 is 13.2 Å². The molecule has 0 aliphatic carbocycles. The van der Waals surface area contributed by atoms with E-state index in [1.54, 1.807) is 0 Å². The van der Waals surface area contributed by atoms with Crippen LogP contribution in [-0.2, 0) is 15.7 Å². The summed E-state index contributed by atoms with van der Waals surface area (Å²) in [4.78, 5) is 9.92. The number of nitro benzene ring substituents is 1. The third-order valence-electron chi connectivity index (χ3n) is 1.79. The van der Waals surface area contributed by atoms with Gasteiger partial charge in [-0.2, -0.15) is 0 Å². The lowest BCUT2D eigenvalue weighted by molar-refractivity contribution is -0.385. The van der Waals surface area contributed by atoms with E-state index in [2.05, 4.69) is 0 Å². The number of nitro groups is 1. The van der Waals surface area contributed by atoms with Gasteiger partial charge in [-0.3, -0.25) is 14.6 Å². The largest absolute Gasteiger partial charge is 0.426 e. The standard InChI is InChI=1S/C7H6NO5P/c9-8(10)6-1-2-7-5(3-6)4-12-14(11)13-7/h1-3,14H,4H2. The minimum Gasteiger partial charge on any atom is -0.426 e. The Balaban J connectivity index is 2.41. The maximum Gasteiger partial charge on any atom is 0.368 e. The topological polar surface area (TPSA) is 78.7 Å². The van der Waals surface area contributed by atoms with Crippen molar-refractivity contribution in [1.82, 2.24) is 0 Å². The van der Waals surface area contributed by atoms with Gasteiger partial charge in [-0.15, -0.1) is 0 Å². The lowest BCUT2D eigenvalue weighted by Gasteiger charge is -2.15. The lowest BCUT2D eigenvalue weighted by atomic mass is 10.2. The molecule has 1 aliphatic rings. The SMILES string of the molecule is O=[N+]([O-])c1ccc2c(c1)CO[PH](=O)O2. The Hall–Kier alpha value is -1.39. The summed E-state index contributed by atoms with van der Waals surface area (Å²) < 4.78 is 20.5. The number of benzene rings is 1. The van der Waals surface area contributed by atoms with Crippen LogP contribution < -0.4 is 4.52 Å². The highest BCUT2D eigenvalue weighted by molar-refractivity contribution is 7.33. The average Bonchev–Trinajstić information content (AvgIpc) is 2.16. The molecule has 7 heteroatoms. The van der Waals surface area contributed by atoms with Crippen LogP contribution in [-0.4, -0.2) is 4.92 Å². The Morgan fingerprint density at radius 3 is 3.00 bits per heavy atom. The molecule has 1 aromatic carbocycles. The molecule has 1 aliphatic heterocycles. The smallest absolute Gasteiger partial charge is 0.368 e. The van der Waals surface area contributed by atoms with Crippen LogP contribution in [0.1, 0.15) is 5.56 Å². The van der Waals surface area contributed by atoms with Gasteiger partial charge in [0.05, 0.1) is 11.5 Å². The second-order valence-corrected chi connectivity index (χ2v) is 3.68. The second-order valence-electron chi connectivity index (χ2n) is 2.69. The second kappa shape index (κ2) is 3.40. The highest BCUT2D eigenvalue weighted by Gasteiger charge is 2.18. The van der Waals surface area contributed by atoms with Gasteiger partial charge in [-0.05, 0) is 6.07 Å². The molecule has 74 valence electrons. The molecule has 6 nitrogen and oxygen atoms in total. The first-order chi connectivity index (χ1) is 6.66. The Morgan fingerprint density at radius 2 is 2.29 bits per heavy atom. The number of fused-ring (bicyclic) bond motifs is 1. The van der Waals surface area contributed by atoms with Gasteiger partial charge in [0.2, 0.25) is 0 Å². The molecule has 0 bridgehead atoms. The number of non-ortho nitro benzene ring substituents is 1. The van der Waals surface area contributed by atoms with E-state index in [0.717, 1.165) is 0 Å². The average molecular weight is 215 g/mol. The summed E-state index contributed by atoms with van der Waals surface area (Å²) >= 11 is 0. The molecule has 0 spiro atoms. The number of hydrogen-bond acceptors (Lipinski definition) is 5. The zero-order valence-electron chi connectivity index (χ0n) is 6.93. The van der Waals surface area contributed by atoms with E-state index in [1.165, 1.54) is 18.2 Å². The maximum atomic E-state index is 10.9. The van der Waals surface area contributed by atoms with E-state index in [0.29, 0.717) is 11.3 Å². The van der Waals surface area contributed by atoms with E-state index in [-0.39, 0.29) is 12.3 Å². The van der Waals surface area contributed by atoms with Crippen molar-refractivity contribution in [3.63, 3.8) is 0 Å². The van der Waals surface area contributed by atoms with Gasteiger partial charge in [-0.25, -0.2) is 4.57 Å². The summed E-state index contributed by atoms with van der Waals surface area (Å²) in [6.07, 6.45) is 0. The van der Waals surface area contributed by atoms with Crippen molar-refractivity contribution in [3.05, 3.63) is 33.9 Å². The molecule has 0 aromatic heterocycles. The van der Waals surface area contributed by atoms with E-state index in [1.807, 2.05) is 0 Å². The fraction of sp³-hybridized carbons (Fsp3) is 0.143. The number of hydrogen-bond donors (Lipinski definition) is 0. The van der Waals surface area contributed by atoms with Crippen molar-refractivity contribution in [2.24, 2.45) is 0 Å². The summed E-state index contributed by atoms with van der Waals surface area (Å²) in [5, 5.41) is 10.4. The molecule has 1 unspecified atom stereocenters. The summed E-state index contributed by atoms with van der Waals surface area (Å²) in [6.45, 7) is 0.0921. The minimum absolute atomic E-state index is 0.0301. The monoisotopic (exact) mass is 215 g/mol. The Labute approximate surface area is 79.5 Å². The third-order valence-corrected chi connectivity index (χ3v) is 2.56. The van der Waals surface area contributed by atoms with Crippen LogP contribution in [0.4, 0.5) is 5.69 Å². The fourth-order valence-electron chi connectivity index (χ4n) is 1.15. The molecule has 0 saturated carbocycles. The summed E-state index contributed by atoms with van der Waals surface area (Å²) in [5.74, 6) is 0.394. The quantitative estimate of drug-likeness (QED) is 0.406. The van der Waals surface area contributed by atoms with Gasteiger partial charge in [-0.1, -0.05) is 0 Å². The van der Waals surface area contributed by atoms with Gasteiger partial charge >= 0.3 is 8.25 Å². The van der Waals surface area contributed by atoms with Crippen molar-refractivity contribution in [3.8, 4) is 5.75 Å². The van der Waals surface area contributed by atoms with Crippen LogP contribution in [0.15, 0.2) is 18.2 Å². The fourth-order valence-corrected chi connectivity index (χ4v) is 1.86. The van der Waals surface area contributed by atoms with Gasteiger partial charge in [0.1, 0.15) is 5.75 Å². The van der Waals surface area contributed by atoms with E-state index in [4.69, 9.17) is 9.05 Å². The van der Waals surface area contributed by atoms with Crippen molar-refractivity contribution in [2.45, 2.75) is 6.61 Å². The molecule has 1 aromatic rings. The zero-order valence-corrected chi connectivity index (χ0v) is 7.93.